The predicted octanol–water partition coefficient (Wildman–Crippen LogP) is 1.62. The first-order valence-corrected chi connectivity index (χ1v) is 4.09. The molecule has 1 aliphatic heterocycles. The van der Waals surface area contributed by atoms with Gasteiger partial charge in [-0.1, -0.05) is 12.1 Å². The van der Waals surface area contributed by atoms with E-state index in [2.05, 4.69) is 6.07 Å². The van der Waals surface area contributed by atoms with Crippen LogP contribution in [0.15, 0.2) is 18.2 Å². The third-order valence-electron chi connectivity index (χ3n) is 1.97. The summed E-state index contributed by atoms with van der Waals surface area (Å²) in [5.74, 6) is 0.846. The second-order valence-corrected chi connectivity index (χ2v) is 2.89. The van der Waals surface area contributed by atoms with Gasteiger partial charge in [-0.05, 0) is 11.6 Å². The minimum Gasteiger partial charge on any atom is -0.467 e. The second kappa shape index (κ2) is 3.46. The Morgan fingerprint density at radius 1 is 1.46 bits per heavy atom. The van der Waals surface area contributed by atoms with Crippen molar-refractivity contribution in [3.63, 3.8) is 0 Å². The summed E-state index contributed by atoms with van der Waals surface area (Å²) in [4.78, 5) is 0. The van der Waals surface area contributed by atoms with E-state index in [0.29, 0.717) is 19.8 Å². The van der Waals surface area contributed by atoms with Crippen LogP contribution in [0, 0.1) is 11.3 Å². The molecule has 1 aliphatic rings. The molecule has 0 spiro atoms. The largest absolute Gasteiger partial charge is 0.467 e. The summed E-state index contributed by atoms with van der Waals surface area (Å²) in [6, 6.07) is 7.88. The van der Waals surface area contributed by atoms with Gasteiger partial charge in [0.2, 0.25) is 0 Å². The van der Waals surface area contributed by atoms with Crippen molar-refractivity contribution >= 4 is 0 Å². The fraction of sp³-hybridized carbons (Fsp3) is 0.300. The molecule has 3 heteroatoms. The molecule has 0 atom stereocenters. The van der Waals surface area contributed by atoms with Crippen molar-refractivity contribution in [2.24, 2.45) is 0 Å². The highest BCUT2D eigenvalue weighted by molar-refractivity contribution is 5.38. The normalized spacial score (nSPS) is 14.1. The summed E-state index contributed by atoms with van der Waals surface area (Å²) < 4.78 is 10.4. The molecule has 0 saturated heterocycles. The smallest absolute Gasteiger partial charge is 0.189 e. The molecule has 0 amide bonds. The van der Waals surface area contributed by atoms with Gasteiger partial charge in [-0.15, -0.1) is 0 Å². The van der Waals surface area contributed by atoms with Crippen molar-refractivity contribution < 1.29 is 9.47 Å². The van der Waals surface area contributed by atoms with Crippen LogP contribution in [0.1, 0.15) is 11.1 Å². The maximum absolute atomic E-state index is 8.51. The molecule has 0 fully saturated rings. The van der Waals surface area contributed by atoms with Gasteiger partial charge in [0.15, 0.2) is 6.79 Å². The third-order valence-corrected chi connectivity index (χ3v) is 1.97. The minimum absolute atomic E-state index is 0.309. The van der Waals surface area contributed by atoms with Crippen LogP contribution in [0.3, 0.4) is 0 Å². The molecular formula is C10H9NO2. The Bertz CT molecular complexity index is 354. The average molecular weight is 175 g/mol. The molecule has 0 saturated carbocycles. The Balaban J connectivity index is 2.31. The Kier molecular flexibility index (Phi) is 2.15. The minimum atomic E-state index is 0.309. The highest BCUT2D eigenvalue weighted by atomic mass is 16.7. The molecule has 0 radical (unpaired) electrons. The van der Waals surface area contributed by atoms with Crippen molar-refractivity contribution in [3.8, 4) is 11.8 Å². The number of benzene rings is 1. The molecule has 0 aliphatic carbocycles. The number of hydrogen-bond donors (Lipinski definition) is 0. The zero-order chi connectivity index (χ0) is 9.10. The van der Waals surface area contributed by atoms with E-state index in [0.717, 1.165) is 16.9 Å². The fourth-order valence-electron chi connectivity index (χ4n) is 1.31. The predicted molar refractivity (Wildman–Crippen MR) is 46.0 cm³/mol. The summed E-state index contributed by atoms with van der Waals surface area (Å²) in [5.41, 5.74) is 2.04. The van der Waals surface area contributed by atoms with Gasteiger partial charge in [-0.2, -0.15) is 5.26 Å². The van der Waals surface area contributed by atoms with Gasteiger partial charge in [-0.25, -0.2) is 0 Å². The number of ether oxygens (including phenoxy) is 2. The monoisotopic (exact) mass is 175 g/mol. The Labute approximate surface area is 76.5 Å². The van der Waals surface area contributed by atoms with Gasteiger partial charge in [0.25, 0.3) is 0 Å². The molecule has 13 heavy (non-hydrogen) atoms. The van der Waals surface area contributed by atoms with E-state index in [-0.39, 0.29) is 0 Å². The molecule has 66 valence electrons. The van der Waals surface area contributed by atoms with Crippen LogP contribution in [0.25, 0.3) is 0 Å². The van der Waals surface area contributed by atoms with Crippen molar-refractivity contribution in [1.82, 2.24) is 0 Å². The fourth-order valence-corrected chi connectivity index (χ4v) is 1.31. The average Bonchev–Trinajstić information content (AvgIpc) is 2.18. The van der Waals surface area contributed by atoms with Crippen molar-refractivity contribution in [3.05, 3.63) is 29.3 Å². The van der Waals surface area contributed by atoms with E-state index < -0.39 is 0 Å². The SMILES string of the molecule is N#CCc1ccc2c(c1)OCOC2. The maximum atomic E-state index is 8.51. The highest BCUT2D eigenvalue weighted by Gasteiger charge is 2.10. The molecule has 0 unspecified atom stereocenters. The van der Waals surface area contributed by atoms with Gasteiger partial charge in [0.05, 0.1) is 19.1 Å². The number of nitriles is 1. The molecule has 1 heterocycles. The number of fused-ring (bicyclic) bond motifs is 1. The lowest BCUT2D eigenvalue weighted by molar-refractivity contribution is -0.0164. The number of rotatable bonds is 1. The Morgan fingerprint density at radius 2 is 2.38 bits per heavy atom. The van der Waals surface area contributed by atoms with Crippen molar-refractivity contribution in [2.75, 3.05) is 6.79 Å². The van der Waals surface area contributed by atoms with Crippen LogP contribution in [0.2, 0.25) is 0 Å². The summed E-state index contributed by atoms with van der Waals surface area (Å²) in [7, 11) is 0. The standard InChI is InChI=1S/C10H9NO2/c11-4-3-8-1-2-9-6-12-7-13-10(9)5-8/h1-2,5H,3,6-7H2. The van der Waals surface area contributed by atoms with Crippen LogP contribution in [0.4, 0.5) is 0 Å². The van der Waals surface area contributed by atoms with Gasteiger partial charge < -0.3 is 9.47 Å². The van der Waals surface area contributed by atoms with E-state index in [1.54, 1.807) is 0 Å². The molecule has 0 aromatic heterocycles. The molecular weight excluding hydrogens is 166 g/mol. The van der Waals surface area contributed by atoms with Crippen LogP contribution in [-0.2, 0) is 17.8 Å². The van der Waals surface area contributed by atoms with Crippen LogP contribution < -0.4 is 4.74 Å². The molecule has 0 bridgehead atoms. The molecule has 0 N–H and O–H groups in total. The van der Waals surface area contributed by atoms with E-state index >= 15 is 0 Å². The first-order chi connectivity index (χ1) is 6.40. The number of nitrogens with zero attached hydrogens (tertiary/aromatic N) is 1. The Morgan fingerprint density at radius 3 is 3.23 bits per heavy atom. The van der Waals surface area contributed by atoms with Crippen molar-refractivity contribution in [2.45, 2.75) is 13.0 Å². The van der Waals surface area contributed by atoms with Crippen LogP contribution >= 0.6 is 0 Å². The summed E-state index contributed by atoms with van der Waals surface area (Å²) in [6.07, 6.45) is 0.428. The maximum Gasteiger partial charge on any atom is 0.189 e. The molecule has 1 aromatic rings. The van der Waals surface area contributed by atoms with Gasteiger partial charge >= 0.3 is 0 Å². The van der Waals surface area contributed by atoms with E-state index in [1.807, 2.05) is 18.2 Å². The quantitative estimate of drug-likeness (QED) is 0.651. The van der Waals surface area contributed by atoms with E-state index in [9.17, 15) is 0 Å². The third kappa shape index (κ3) is 1.63. The molecule has 2 rings (SSSR count). The molecule has 1 aromatic carbocycles. The summed E-state index contributed by atoms with van der Waals surface area (Å²) in [6.45, 7) is 0.908. The van der Waals surface area contributed by atoms with Gasteiger partial charge in [0.1, 0.15) is 5.75 Å². The Hall–Kier alpha value is -1.53. The first kappa shape index (κ1) is 8.09. The lowest BCUT2D eigenvalue weighted by Gasteiger charge is -2.17. The first-order valence-electron chi connectivity index (χ1n) is 4.09. The summed E-state index contributed by atoms with van der Waals surface area (Å²) in [5, 5.41) is 8.51. The zero-order valence-electron chi connectivity index (χ0n) is 7.12. The highest BCUT2D eigenvalue weighted by Crippen LogP contribution is 2.24. The second-order valence-electron chi connectivity index (χ2n) is 2.89. The van der Waals surface area contributed by atoms with Crippen LogP contribution in [0.5, 0.6) is 5.75 Å². The lowest BCUT2D eigenvalue weighted by atomic mass is 10.1. The topological polar surface area (TPSA) is 42.2 Å². The summed E-state index contributed by atoms with van der Waals surface area (Å²) >= 11 is 0. The van der Waals surface area contributed by atoms with E-state index in [1.165, 1.54) is 0 Å². The zero-order valence-corrected chi connectivity index (χ0v) is 7.12. The van der Waals surface area contributed by atoms with E-state index in [4.69, 9.17) is 14.7 Å². The van der Waals surface area contributed by atoms with Crippen molar-refractivity contribution in [1.29, 1.82) is 5.26 Å². The lowest BCUT2D eigenvalue weighted by Crippen LogP contribution is -2.11. The molecule has 3 nitrogen and oxygen atoms in total. The van der Waals surface area contributed by atoms with Crippen LogP contribution in [-0.4, -0.2) is 6.79 Å². The van der Waals surface area contributed by atoms with Gasteiger partial charge in [-0.3, -0.25) is 0 Å². The van der Waals surface area contributed by atoms with Gasteiger partial charge in [0, 0.05) is 5.56 Å². The number of hydrogen-bond acceptors (Lipinski definition) is 3.